The molecule has 2 aromatic rings. The standard InChI is InChI=1S/C21H25NO6/c1-25-13-16-5-4-6-17(11-16)21(24)28-14-20(23)22-10-9-15-7-8-18(26-2)19(12-15)27-3/h4-8,11-12H,9-10,13-14H2,1-3H3,(H,22,23). The largest absolute Gasteiger partial charge is 0.493 e. The van der Waals surface area contributed by atoms with E-state index in [0.29, 0.717) is 36.6 Å². The number of hydrogen-bond donors (Lipinski definition) is 1. The lowest BCUT2D eigenvalue weighted by atomic mass is 10.1. The fourth-order valence-electron chi connectivity index (χ4n) is 2.60. The summed E-state index contributed by atoms with van der Waals surface area (Å²) in [7, 11) is 4.73. The van der Waals surface area contributed by atoms with Gasteiger partial charge in [-0.05, 0) is 41.8 Å². The number of benzene rings is 2. The molecule has 2 aromatic carbocycles. The van der Waals surface area contributed by atoms with Crippen molar-refractivity contribution in [2.24, 2.45) is 0 Å². The van der Waals surface area contributed by atoms with Crippen molar-refractivity contribution >= 4 is 11.9 Å². The maximum Gasteiger partial charge on any atom is 0.338 e. The summed E-state index contributed by atoms with van der Waals surface area (Å²) in [5.41, 5.74) is 2.23. The maximum absolute atomic E-state index is 12.1. The van der Waals surface area contributed by atoms with Crippen LogP contribution in [0.4, 0.5) is 0 Å². The number of methoxy groups -OCH3 is 3. The molecule has 0 radical (unpaired) electrons. The van der Waals surface area contributed by atoms with Gasteiger partial charge in [0.15, 0.2) is 18.1 Å². The molecular formula is C21H25NO6. The molecule has 0 atom stereocenters. The van der Waals surface area contributed by atoms with E-state index in [0.717, 1.165) is 11.1 Å². The minimum Gasteiger partial charge on any atom is -0.493 e. The summed E-state index contributed by atoms with van der Waals surface area (Å²) in [5.74, 6) is 0.377. The molecule has 0 saturated carbocycles. The first-order valence-corrected chi connectivity index (χ1v) is 8.80. The second-order valence-corrected chi connectivity index (χ2v) is 6.00. The Bertz CT molecular complexity index is 805. The zero-order valence-corrected chi connectivity index (χ0v) is 16.3. The van der Waals surface area contributed by atoms with Crippen molar-refractivity contribution in [3.05, 3.63) is 59.2 Å². The Kier molecular flexibility index (Phi) is 8.30. The van der Waals surface area contributed by atoms with Gasteiger partial charge in [-0.15, -0.1) is 0 Å². The maximum atomic E-state index is 12.1. The third-order valence-corrected chi connectivity index (χ3v) is 3.99. The minimum atomic E-state index is -0.548. The minimum absolute atomic E-state index is 0.334. The summed E-state index contributed by atoms with van der Waals surface area (Å²) in [5, 5.41) is 2.73. The topological polar surface area (TPSA) is 83.1 Å². The molecule has 0 fully saturated rings. The summed E-state index contributed by atoms with van der Waals surface area (Å²) in [6, 6.07) is 12.5. The molecule has 1 N–H and O–H groups in total. The molecule has 28 heavy (non-hydrogen) atoms. The number of carbonyl (C=O) groups is 2. The summed E-state index contributed by atoms with van der Waals surface area (Å²) in [6.45, 7) is 0.478. The van der Waals surface area contributed by atoms with E-state index in [9.17, 15) is 9.59 Å². The lowest BCUT2D eigenvalue weighted by Crippen LogP contribution is -2.30. The lowest BCUT2D eigenvalue weighted by Gasteiger charge is -2.10. The molecule has 2 rings (SSSR count). The van der Waals surface area contributed by atoms with Gasteiger partial charge in [-0.25, -0.2) is 4.79 Å². The molecule has 150 valence electrons. The summed E-state index contributed by atoms with van der Waals surface area (Å²) in [4.78, 5) is 24.0. The molecule has 0 spiro atoms. The monoisotopic (exact) mass is 387 g/mol. The van der Waals surface area contributed by atoms with Crippen molar-refractivity contribution in [1.82, 2.24) is 5.32 Å². The van der Waals surface area contributed by atoms with Crippen LogP contribution in [0.5, 0.6) is 11.5 Å². The number of rotatable bonds is 10. The first-order valence-electron chi connectivity index (χ1n) is 8.80. The quantitative estimate of drug-likeness (QED) is 0.630. The zero-order chi connectivity index (χ0) is 20.4. The van der Waals surface area contributed by atoms with E-state index in [2.05, 4.69) is 5.32 Å². The summed E-state index contributed by atoms with van der Waals surface area (Å²) >= 11 is 0. The van der Waals surface area contributed by atoms with Gasteiger partial charge >= 0.3 is 5.97 Å². The van der Waals surface area contributed by atoms with Gasteiger partial charge in [0.1, 0.15) is 0 Å². The molecule has 7 heteroatoms. The molecule has 0 bridgehead atoms. The van der Waals surface area contributed by atoms with Crippen LogP contribution in [0.15, 0.2) is 42.5 Å². The van der Waals surface area contributed by atoms with E-state index in [4.69, 9.17) is 18.9 Å². The first-order chi connectivity index (χ1) is 13.6. The van der Waals surface area contributed by atoms with Crippen molar-refractivity contribution in [2.45, 2.75) is 13.0 Å². The van der Waals surface area contributed by atoms with E-state index in [1.165, 1.54) is 0 Å². The highest BCUT2D eigenvalue weighted by Crippen LogP contribution is 2.27. The fourth-order valence-corrected chi connectivity index (χ4v) is 2.60. The highest BCUT2D eigenvalue weighted by Gasteiger charge is 2.11. The van der Waals surface area contributed by atoms with Crippen LogP contribution in [0.3, 0.4) is 0 Å². The van der Waals surface area contributed by atoms with E-state index >= 15 is 0 Å². The molecule has 0 aliphatic heterocycles. The van der Waals surface area contributed by atoms with Gasteiger partial charge < -0.3 is 24.3 Å². The summed E-state index contributed by atoms with van der Waals surface area (Å²) in [6.07, 6.45) is 0.610. The van der Waals surface area contributed by atoms with Crippen LogP contribution in [0.25, 0.3) is 0 Å². The molecule has 0 aliphatic carbocycles. The van der Waals surface area contributed by atoms with E-state index in [1.807, 2.05) is 24.3 Å². The SMILES string of the molecule is COCc1cccc(C(=O)OCC(=O)NCCc2ccc(OC)c(OC)c2)c1. The van der Waals surface area contributed by atoms with E-state index in [-0.39, 0.29) is 12.5 Å². The Hall–Kier alpha value is -3.06. The van der Waals surface area contributed by atoms with Gasteiger partial charge in [-0.3, -0.25) is 4.79 Å². The van der Waals surface area contributed by atoms with Gasteiger partial charge in [-0.1, -0.05) is 18.2 Å². The molecule has 0 heterocycles. The number of esters is 1. The molecule has 7 nitrogen and oxygen atoms in total. The first kappa shape index (κ1) is 21.2. The fraction of sp³-hybridized carbons (Fsp3) is 0.333. The highest BCUT2D eigenvalue weighted by molar-refractivity contribution is 5.91. The Labute approximate surface area is 164 Å². The van der Waals surface area contributed by atoms with Gasteiger partial charge in [0.25, 0.3) is 5.91 Å². The molecule has 0 unspecified atom stereocenters. The van der Waals surface area contributed by atoms with Crippen LogP contribution >= 0.6 is 0 Å². The number of carbonyl (C=O) groups excluding carboxylic acids is 2. The Balaban J connectivity index is 1.77. The molecular weight excluding hydrogens is 362 g/mol. The van der Waals surface area contributed by atoms with Crippen LogP contribution in [-0.4, -0.2) is 46.4 Å². The van der Waals surface area contributed by atoms with Crippen molar-refractivity contribution in [3.8, 4) is 11.5 Å². The van der Waals surface area contributed by atoms with Crippen LogP contribution in [0, 0.1) is 0 Å². The Morgan fingerprint density at radius 3 is 2.43 bits per heavy atom. The van der Waals surface area contributed by atoms with Crippen molar-refractivity contribution in [3.63, 3.8) is 0 Å². The van der Waals surface area contributed by atoms with Crippen LogP contribution in [0.2, 0.25) is 0 Å². The molecule has 0 saturated heterocycles. The molecule has 0 aliphatic rings. The van der Waals surface area contributed by atoms with E-state index < -0.39 is 5.97 Å². The van der Waals surface area contributed by atoms with Crippen LogP contribution < -0.4 is 14.8 Å². The predicted molar refractivity (Wildman–Crippen MR) is 104 cm³/mol. The number of hydrogen-bond acceptors (Lipinski definition) is 6. The highest BCUT2D eigenvalue weighted by atomic mass is 16.5. The second kappa shape index (κ2) is 10.9. The predicted octanol–water partition coefficient (Wildman–Crippen LogP) is 2.37. The van der Waals surface area contributed by atoms with Crippen molar-refractivity contribution in [2.75, 3.05) is 34.5 Å². The van der Waals surface area contributed by atoms with Gasteiger partial charge in [0.2, 0.25) is 0 Å². The third-order valence-electron chi connectivity index (χ3n) is 3.99. The molecule has 1 amide bonds. The average molecular weight is 387 g/mol. The number of ether oxygens (including phenoxy) is 4. The van der Waals surface area contributed by atoms with Gasteiger partial charge in [0.05, 0.1) is 26.4 Å². The van der Waals surface area contributed by atoms with Gasteiger partial charge in [-0.2, -0.15) is 0 Å². The Morgan fingerprint density at radius 2 is 1.71 bits per heavy atom. The average Bonchev–Trinajstić information content (AvgIpc) is 2.72. The third kappa shape index (κ3) is 6.28. The van der Waals surface area contributed by atoms with E-state index in [1.54, 1.807) is 39.5 Å². The van der Waals surface area contributed by atoms with Crippen LogP contribution in [0.1, 0.15) is 21.5 Å². The van der Waals surface area contributed by atoms with Crippen molar-refractivity contribution in [1.29, 1.82) is 0 Å². The zero-order valence-electron chi connectivity index (χ0n) is 16.3. The summed E-state index contributed by atoms with van der Waals surface area (Å²) < 4.78 is 20.6. The lowest BCUT2D eigenvalue weighted by molar-refractivity contribution is -0.124. The molecule has 0 aromatic heterocycles. The number of amides is 1. The normalized spacial score (nSPS) is 10.2. The Morgan fingerprint density at radius 1 is 0.929 bits per heavy atom. The van der Waals surface area contributed by atoms with Gasteiger partial charge in [0, 0.05) is 13.7 Å². The van der Waals surface area contributed by atoms with Crippen molar-refractivity contribution < 1.29 is 28.5 Å². The second-order valence-electron chi connectivity index (χ2n) is 6.00. The van der Waals surface area contributed by atoms with Crippen LogP contribution in [-0.2, 0) is 27.3 Å². The smallest absolute Gasteiger partial charge is 0.338 e. The number of nitrogens with one attached hydrogen (secondary N) is 1.